The number of fused-ring (bicyclic) bond motifs is 3. The minimum absolute atomic E-state index is 0.0448. The van der Waals surface area contributed by atoms with Crippen LogP contribution in [0.4, 0.5) is 4.39 Å². The molecule has 2 aliphatic rings. The highest BCUT2D eigenvalue weighted by atomic mass is 79.9. The Balaban J connectivity index is 1.58. The van der Waals surface area contributed by atoms with Gasteiger partial charge in [-0.15, -0.1) is 0 Å². The van der Waals surface area contributed by atoms with Crippen molar-refractivity contribution in [2.45, 2.75) is 18.7 Å². The van der Waals surface area contributed by atoms with Gasteiger partial charge in [0.25, 0.3) is 0 Å². The van der Waals surface area contributed by atoms with Crippen LogP contribution in [-0.2, 0) is 0 Å². The number of hydrogen-bond donors (Lipinski definition) is 0. The summed E-state index contributed by atoms with van der Waals surface area (Å²) in [6.45, 7) is 0. The molecule has 2 aliphatic heterocycles. The van der Waals surface area contributed by atoms with Gasteiger partial charge in [-0.1, -0.05) is 28.1 Å². The lowest BCUT2D eigenvalue weighted by Crippen LogP contribution is -2.33. The van der Waals surface area contributed by atoms with Crippen molar-refractivity contribution in [3.8, 4) is 11.5 Å². The van der Waals surface area contributed by atoms with Gasteiger partial charge in [0.2, 0.25) is 6.23 Å². The lowest BCUT2D eigenvalue weighted by molar-refractivity contribution is -0.0191. The molecule has 4 nitrogen and oxygen atoms in total. The van der Waals surface area contributed by atoms with E-state index in [9.17, 15) is 4.39 Å². The molecule has 6 heteroatoms. The maximum atomic E-state index is 13.4. The van der Waals surface area contributed by atoms with Crippen molar-refractivity contribution in [2.24, 2.45) is 5.10 Å². The summed E-state index contributed by atoms with van der Waals surface area (Å²) in [5, 5.41) is 6.90. The van der Waals surface area contributed by atoms with Gasteiger partial charge >= 0.3 is 0 Å². The second kappa shape index (κ2) is 7.19. The summed E-state index contributed by atoms with van der Waals surface area (Å²) in [7, 11) is 1.65. The molecule has 0 fully saturated rings. The molecule has 0 radical (unpaired) electrons. The van der Waals surface area contributed by atoms with Crippen molar-refractivity contribution in [1.29, 1.82) is 0 Å². The molecule has 0 N–H and O–H groups in total. The molecule has 146 valence electrons. The standard InChI is InChI=1S/C23H18BrFN2O2/c1-28-18-9-4-15(5-10-18)23-27-21(19-12-16(24)6-11-22(19)29-23)13-20(26-27)14-2-7-17(25)8-3-14/h2-12,21,23H,13H2,1H3. The zero-order valence-electron chi connectivity index (χ0n) is 15.7. The highest BCUT2D eigenvalue weighted by Crippen LogP contribution is 2.48. The minimum Gasteiger partial charge on any atom is -0.497 e. The van der Waals surface area contributed by atoms with E-state index in [0.717, 1.165) is 44.8 Å². The summed E-state index contributed by atoms with van der Waals surface area (Å²) in [5.41, 5.74) is 3.93. The topological polar surface area (TPSA) is 34.1 Å². The average Bonchev–Trinajstić information content (AvgIpc) is 3.20. The van der Waals surface area contributed by atoms with Crippen molar-refractivity contribution < 1.29 is 13.9 Å². The van der Waals surface area contributed by atoms with Crippen LogP contribution in [0.5, 0.6) is 11.5 Å². The number of benzene rings is 3. The van der Waals surface area contributed by atoms with E-state index in [2.05, 4.69) is 22.0 Å². The number of nitrogens with zero attached hydrogens (tertiary/aromatic N) is 2. The van der Waals surface area contributed by atoms with E-state index in [-0.39, 0.29) is 18.1 Å². The van der Waals surface area contributed by atoms with Gasteiger partial charge in [0.05, 0.1) is 18.9 Å². The summed E-state index contributed by atoms with van der Waals surface area (Å²) in [6.07, 6.45) is 0.378. The van der Waals surface area contributed by atoms with Crippen molar-refractivity contribution >= 4 is 21.6 Å². The Morgan fingerprint density at radius 2 is 1.83 bits per heavy atom. The quantitative estimate of drug-likeness (QED) is 0.500. The first-order chi connectivity index (χ1) is 14.1. The molecule has 0 spiro atoms. The largest absolute Gasteiger partial charge is 0.497 e. The second-order valence-corrected chi connectivity index (χ2v) is 7.99. The van der Waals surface area contributed by atoms with Gasteiger partial charge in [-0.3, -0.25) is 0 Å². The maximum absolute atomic E-state index is 13.4. The fraction of sp³-hybridized carbons (Fsp3) is 0.174. The van der Waals surface area contributed by atoms with Crippen LogP contribution in [0.15, 0.2) is 76.3 Å². The molecular formula is C23H18BrFN2O2. The number of rotatable bonds is 3. The number of hydrogen-bond acceptors (Lipinski definition) is 4. The zero-order chi connectivity index (χ0) is 20.0. The SMILES string of the molecule is COc1ccc(C2Oc3ccc(Br)cc3C3CC(c4ccc(F)cc4)=NN32)cc1. The molecule has 3 aromatic carbocycles. The van der Waals surface area contributed by atoms with Gasteiger partial charge in [0.1, 0.15) is 17.3 Å². The predicted molar refractivity (Wildman–Crippen MR) is 113 cm³/mol. The van der Waals surface area contributed by atoms with Crippen molar-refractivity contribution in [3.63, 3.8) is 0 Å². The molecule has 0 aliphatic carbocycles. The number of ether oxygens (including phenoxy) is 2. The van der Waals surface area contributed by atoms with E-state index in [4.69, 9.17) is 14.6 Å². The average molecular weight is 453 g/mol. The van der Waals surface area contributed by atoms with E-state index in [1.54, 1.807) is 19.2 Å². The Bertz CT molecular complexity index is 1080. The van der Waals surface area contributed by atoms with Crippen LogP contribution < -0.4 is 9.47 Å². The number of methoxy groups -OCH3 is 1. The minimum atomic E-state index is -0.350. The van der Waals surface area contributed by atoms with Gasteiger partial charge in [0.15, 0.2) is 0 Å². The summed E-state index contributed by atoms with van der Waals surface area (Å²) < 4.78 is 26.0. The fourth-order valence-electron chi connectivity index (χ4n) is 3.86. The molecule has 0 saturated heterocycles. The van der Waals surface area contributed by atoms with Crippen LogP contribution in [0.2, 0.25) is 0 Å². The lowest BCUT2D eigenvalue weighted by Gasteiger charge is -2.38. The molecule has 0 saturated carbocycles. The van der Waals surface area contributed by atoms with Crippen molar-refractivity contribution in [3.05, 3.63) is 93.7 Å². The molecule has 2 heterocycles. The van der Waals surface area contributed by atoms with Gasteiger partial charge in [-0.25, -0.2) is 9.40 Å². The molecule has 29 heavy (non-hydrogen) atoms. The third kappa shape index (κ3) is 3.27. The Morgan fingerprint density at radius 1 is 1.07 bits per heavy atom. The molecule has 2 unspecified atom stereocenters. The third-order valence-electron chi connectivity index (χ3n) is 5.33. The number of hydrazone groups is 1. The van der Waals surface area contributed by atoms with Crippen molar-refractivity contribution in [1.82, 2.24) is 5.01 Å². The smallest absolute Gasteiger partial charge is 0.213 e. The fourth-order valence-corrected chi connectivity index (χ4v) is 4.24. The molecule has 0 bridgehead atoms. The zero-order valence-corrected chi connectivity index (χ0v) is 17.3. The van der Waals surface area contributed by atoms with Crippen LogP contribution in [0.3, 0.4) is 0 Å². The summed E-state index contributed by atoms with van der Waals surface area (Å²) >= 11 is 3.56. The van der Waals surface area contributed by atoms with Crippen LogP contribution in [0.25, 0.3) is 0 Å². The third-order valence-corrected chi connectivity index (χ3v) is 5.82. The molecular weight excluding hydrogens is 435 g/mol. The Kier molecular flexibility index (Phi) is 4.51. The maximum Gasteiger partial charge on any atom is 0.213 e. The first kappa shape index (κ1) is 18.2. The van der Waals surface area contributed by atoms with Crippen LogP contribution in [0, 0.1) is 5.82 Å². The van der Waals surface area contributed by atoms with E-state index in [1.165, 1.54) is 12.1 Å². The summed E-state index contributed by atoms with van der Waals surface area (Å²) in [5.74, 6) is 1.40. The Hall–Kier alpha value is -2.86. The molecule has 0 aromatic heterocycles. The monoisotopic (exact) mass is 452 g/mol. The molecule has 5 rings (SSSR count). The van der Waals surface area contributed by atoms with Crippen LogP contribution >= 0.6 is 15.9 Å². The highest BCUT2D eigenvalue weighted by Gasteiger charge is 2.41. The van der Waals surface area contributed by atoms with E-state index in [1.807, 2.05) is 41.4 Å². The summed E-state index contributed by atoms with van der Waals surface area (Å²) in [6, 6.07) is 20.4. The molecule has 0 amide bonds. The van der Waals surface area contributed by atoms with Gasteiger partial charge in [-0.2, -0.15) is 5.10 Å². The highest BCUT2D eigenvalue weighted by molar-refractivity contribution is 9.10. The van der Waals surface area contributed by atoms with Crippen molar-refractivity contribution in [2.75, 3.05) is 7.11 Å². The van der Waals surface area contributed by atoms with E-state index < -0.39 is 0 Å². The van der Waals surface area contributed by atoms with Gasteiger partial charge in [0, 0.05) is 22.0 Å². The molecule has 3 aromatic rings. The van der Waals surface area contributed by atoms with Gasteiger partial charge < -0.3 is 9.47 Å². The van der Waals surface area contributed by atoms with Gasteiger partial charge in [-0.05, 0) is 60.2 Å². The second-order valence-electron chi connectivity index (χ2n) is 7.08. The first-order valence-electron chi connectivity index (χ1n) is 9.34. The number of halogens is 2. The predicted octanol–water partition coefficient (Wildman–Crippen LogP) is 5.84. The van der Waals surface area contributed by atoms with Crippen LogP contribution in [-0.4, -0.2) is 17.8 Å². The molecule has 2 atom stereocenters. The van der Waals surface area contributed by atoms with E-state index >= 15 is 0 Å². The Morgan fingerprint density at radius 3 is 2.55 bits per heavy atom. The lowest BCUT2D eigenvalue weighted by atomic mass is 9.96. The Labute approximate surface area is 176 Å². The van der Waals surface area contributed by atoms with Crippen LogP contribution in [0.1, 0.15) is 35.4 Å². The summed E-state index contributed by atoms with van der Waals surface area (Å²) in [4.78, 5) is 0. The normalized spacial score (nSPS) is 19.8. The first-order valence-corrected chi connectivity index (χ1v) is 10.1. The van der Waals surface area contributed by atoms with E-state index in [0.29, 0.717) is 0 Å².